The lowest BCUT2D eigenvalue weighted by atomic mass is 10.1. The average molecular weight is 358 g/mol. The number of carbonyl (C=O) groups excluding carboxylic acids is 3. The fourth-order valence-electron chi connectivity index (χ4n) is 1.33. The van der Waals surface area contributed by atoms with E-state index in [1.807, 2.05) is 0 Å². The van der Waals surface area contributed by atoms with Crippen molar-refractivity contribution in [1.82, 2.24) is 0 Å². The molecule has 0 radical (unpaired) electrons. The van der Waals surface area contributed by atoms with Crippen LogP contribution in [0.15, 0.2) is 36.5 Å². The van der Waals surface area contributed by atoms with Gasteiger partial charge in [-0.2, -0.15) is 0 Å². The van der Waals surface area contributed by atoms with E-state index in [9.17, 15) is 29.7 Å². The lowest BCUT2D eigenvalue weighted by Crippen LogP contribution is -2.62. The van der Waals surface area contributed by atoms with Crippen LogP contribution in [0.5, 0.6) is 0 Å². The minimum Gasteiger partial charge on any atom is -0.410 e. The van der Waals surface area contributed by atoms with E-state index >= 15 is 0 Å². The van der Waals surface area contributed by atoms with Gasteiger partial charge in [-0.3, -0.25) is 0 Å². The number of aliphatic hydroxyl groups excluding tert-OH is 1. The summed E-state index contributed by atoms with van der Waals surface area (Å²) in [5, 5.41) is 29.6. The number of hydrogen-bond acceptors (Lipinski definition) is 9. The molecule has 0 atom stereocenters. The number of carbonyl (C=O) groups is 3. The summed E-state index contributed by atoms with van der Waals surface area (Å²) >= 11 is 0. The Kier molecular flexibility index (Phi) is 7.71. The molecule has 0 aliphatic carbocycles. The Morgan fingerprint density at radius 1 is 0.800 bits per heavy atom. The number of ether oxygens (including phenoxy) is 3. The third-order valence-electron chi connectivity index (χ3n) is 2.73. The van der Waals surface area contributed by atoms with Gasteiger partial charge in [-0.05, 0) is 20.8 Å². The standard InChI is InChI=1S/C16H22O9/c1-9(2)12(18)23-15(7-8-17,24-13(19)10(3)4)16(21,22)25-14(20)11(5)6/h17,21-22H,1,3,5,7-8H2,2,4,6H3. The van der Waals surface area contributed by atoms with Crippen LogP contribution in [0.25, 0.3) is 0 Å². The zero-order valence-electron chi connectivity index (χ0n) is 14.3. The monoisotopic (exact) mass is 358 g/mol. The first-order chi connectivity index (χ1) is 11.3. The molecule has 140 valence electrons. The van der Waals surface area contributed by atoms with Gasteiger partial charge < -0.3 is 29.5 Å². The van der Waals surface area contributed by atoms with E-state index in [4.69, 9.17) is 9.47 Å². The van der Waals surface area contributed by atoms with Gasteiger partial charge in [0.15, 0.2) is 0 Å². The van der Waals surface area contributed by atoms with Gasteiger partial charge in [0.25, 0.3) is 0 Å². The highest BCUT2D eigenvalue weighted by Gasteiger charge is 2.61. The van der Waals surface area contributed by atoms with Gasteiger partial charge in [0.2, 0.25) is 0 Å². The highest BCUT2D eigenvalue weighted by molar-refractivity contribution is 5.89. The van der Waals surface area contributed by atoms with Gasteiger partial charge >= 0.3 is 29.7 Å². The summed E-state index contributed by atoms with van der Waals surface area (Å²) in [7, 11) is 0. The molecule has 0 spiro atoms. The Hall–Kier alpha value is -2.49. The molecule has 0 heterocycles. The molecular formula is C16H22O9. The maximum Gasteiger partial charge on any atom is 0.407 e. The van der Waals surface area contributed by atoms with Crippen LogP contribution in [0.2, 0.25) is 0 Å². The molecule has 0 amide bonds. The van der Waals surface area contributed by atoms with Crippen molar-refractivity contribution in [2.24, 2.45) is 0 Å². The first-order valence-electron chi connectivity index (χ1n) is 7.01. The van der Waals surface area contributed by atoms with Crippen molar-refractivity contribution in [2.45, 2.75) is 39.0 Å². The quantitative estimate of drug-likeness (QED) is 0.296. The zero-order chi connectivity index (χ0) is 20.0. The highest BCUT2D eigenvalue weighted by atomic mass is 16.9. The first kappa shape index (κ1) is 22.5. The topological polar surface area (TPSA) is 140 Å². The predicted molar refractivity (Wildman–Crippen MR) is 84.3 cm³/mol. The Morgan fingerprint density at radius 3 is 1.40 bits per heavy atom. The van der Waals surface area contributed by atoms with Crippen LogP contribution < -0.4 is 0 Å². The maximum atomic E-state index is 11.9. The summed E-state index contributed by atoms with van der Waals surface area (Å²) in [5.41, 5.74) is -0.589. The molecule has 25 heavy (non-hydrogen) atoms. The number of hydrogen-bond donors (Lipinski definition) is 3. The van der Waals surface area contributed by atoms with E-state index in [0.717, 1.165) is 0 Å². The van der Waals surface area contributed by atoms with Crippen LogP contribution >= 0.6 is 0 Å². The molecule has 9 heteroatoms. The summed E-state index contributed by atoms with van der Waals surface area (Å²) in [4.78, 5) is 35.3. The largest absolute Gasteiger partial charge is 0.410 e. The van der Waals surface area contributed by atoms with Crippen molar-refractivity contribution in [3.05, 3.63) is 36.5 Å². The summed E-state index contributed by atoms with van der Waals surface area (Å²) < 4.78 is 14.1. The summed E-state index contributed by atoms with van der Waals surface area (Å²) in [6, 6.07) is 0. The lowest BCUT2D eigenvalue weighted by molar-refractivity contribution is -0.443. The zero-order valence-corrected chi connectivity index (χ0v) is 14.3. The normalized spacial score (nSPS) is 11.3. The fourth-order valence-corrected chi connectivity index (χ4v) is 1.33. The van der Waals surface area contributed by atoms with Gasteiger partial charge in [0.05, 0.1) is 13.0 Å². The molecule has 3 N–H and O–H groups in total. The maximum absolute atomic E-state index is 11.9. The Balaban J connectivity index is 6.10. The van der Waals surface area contributed by atoms with E-state index in [2.05, 4.69) is 24.5 Å². The molecule has 0 saturated carbocycles. The molecule has 0 saturated heterocycles. The van der Waals surface area contributed by atoms with E-state index in [0.29, 0.717) is 0 Å². The van der Waals surface area contributed by atoms with E-state index in [-0.39, 0.29) is 16.7 Å². The molecule has 0 aromatic carbocycles. The van der Waals surface area contributed by atoms with Crippen molar-refractivity contribution in [3.63, 3.8) is 0 Å². The van der Waals surface area contributed by atoms with Crippen molar-refractivity contribution < 1.29 is 43.9 Å². The predicted octanol–water partition coefficient (Wildman–Crippen LogP) is 0.0614. The second-order valence-electron chi connectivity index (χ2n) is 5.34. The van der Waals surface area contributed by atoms with Crippen molar-refractivity contribution in [2.75, 3.05) is 6.61 Å². The van der Waals surface area contributed by atoms with Crippen LogP contribution in [-0.2, 0) is 28.6 Å². The van der Waals surface area contributed by atoms with Gasteiger partial charge in [-0.1, -0.05) is 19.7 Å². The summed E-state index contributed by atoms with van der Waals surface area (Å²) in [5.74, 6) is -10.3. The first-order valence-corrected chi connectivity index (χ1v) is 7.01. The molecule has 0 bridgehead atoms. The van der Waals surface area contributed by atoms with E-state index < -0.39 is 42.7 Å². The minimum absolute atomic E-state index is 0.185. The highest BCUT2D eigenvalue weighted by Crippen LogP contribution is 2.33. The van der Waals surface area contributed by atoms with Crippen molar-refractivity contribution in [3.8, 4) is 0 Å². The number of esters is 3. The Labute approximate surface area is 144 Å². The molecule has 0 rings (SSSR count). The summed E-state index contributed by atoms with van der Waals surface area (Å²) in [6.07, 6.45) is -0.832. The second-order valence-corrected chi connectivity index (χ2v) is 5.34. The fraction of sp³-hybridized carbons (Fsp3) is 0.438. The van der Waals surface area contributed by atoms with Gasteiger partial charge in [-0.25, -0.2) is 14.4 Å². The summed E-state index contributed by atoms with van der Waals surface area (Å²) in [6.45, 7) is 12.7. The SMILES string of the molecule is C=C(C)C(=O)OC(O)(O)C(CCO)(OC(=O)C(=C)C)OC(=O)C(=C)C. The number of rotatable bonds is 9. The van der Waals surface area contributed by atoms with E-state index in [1.54, 1.807) is 0 Å². The molecule has 0 unspecified atom stereocenters. The third-order valence-corrected chi connectivity index (χ3v) is 2.73. The van der Waals surface area contributed by atoms with Crippen LogP contribution in [0.1, 0.15) is 27.2 Å². The average Bonchev–Trinajstić information content (AvgIpc) is 2.45. The molecule has 0 aliphatic rings. The lowest BCUT2D eigenvalue weighted by Gasteiger charge is -2.39. The Morgan fingerprint density at radius 2 is 1.12 bits per heavy atom. The smallest absolute Gasteiger partial charge is 0.407 e. The molecule has 0 aromatic heterocycles. The molecular weight excluding hydrogens is 336 g/mol. The Bertz CT molecular complexity index is 573. The van der Waals surface area contributed by atoms with Crippen LogP contribution in [0, 0.1) is 0 Å². The van der Waals surface area contributed by atoms with Crippen molar-refractivity contribution >= 4 is 17.9 Å². The molecule has 0 aromatic rings. The third kappa shape index (κ3) is 5.82. The molecule has 0 fully saturated rings. The van der Waals surface area contributed by atoms with E-state index in [1.165, 1.54) is 20.8 Å². The van der Waals surface area contributed by atoms with Crippen LogP contribution in [0.3, 0.4) is 0 Å². The minimum atomic E-state index is -3.64. The van der Waals surface area contributed by atoms with Crippen molar-refractivity contribution in [1.29, 1.82) is 0 Å². The molecule has 0 aliphatic heterocycles. The van der Waals surface area contributed by atoms with Gasteiger partial charge in [0, 0.05) is 16.7 Å². The second kappa shape index (κ2) is 8.56. The van der Waals surface area contributed by atoms with Gasteiger partial charge in [0.1, 0.15) is 0 Å². The van der Waals surface area contributed by atoms with Gasteiger partial charge in [-0.15, -0.1) is 0 Å². The molecule has 9 nitrogen and oxygen atoms in total. The van der Waals surface area contributed by atoms with Crippen LogP contribution in [-0.4, -0.2) is 51.6 Å². The van der Waals surface area contributed by atoms with Crippen LogP contribution in [0.4, 0.5) is 0 Å². The number of aliphatic hydroxyl groups is 3.